The van der Waals surface area contributed by atoms with E-state index in [1.807, 2.05) is 42.5 Å². The van der Waals surface area contributed by atoms with E-state index < -0.39 is 0 Å². The maximum atomic E-state index is 6.06. The van der Waals surface area contributed by atoms with Crippen LogP contribution in [0, 0.1) is 0 Å². The zero-order chi connectivity index (χ0) is 19.3. The van der Waals surface area contributed by atoms with E-state index in [4.69, 9.17) is 21.1 Å². The van der Waals surface area contributed by atoms with Crippen LogP contribution in [0.25, 0.3) is 5.69 Å². The number of benzene rings is 1. The van der Waals surface area contributed by atoms with Crippen molar-refractivity contribution in [2.75, 3.05) is 7.11 Å². The van der Waals surface area contributed by atoms with Gasteiger partial charge < -0.3 is 9.47 Å². The van der Waals surface area contributed by atoms with Crippen LogP contribution in [-0.2, 0) is 11.3 Å². The van der Waals surface area contributed by atoms with Gasteiger partial charge >= 0.3 is 0 Å². The van der Waals surface area contributed by atoms with Gasteiger partial charge in [-0.3, -0.25) is 4.57 Å². The van der Waals surface area contributed by atoms with Crippen LogP contribution in [0.4, 0.5) is 0 Å². The first kappa shape index (κ1) is 18.9. The summed E-state index contributed by atoms with van der Waals surface area (Å²) < 4.78 is 13.4. The van der Waals surface area contributed by atoms with Crippen molar-refractivity contribution in [3.8, 4) is 11.6 Å². The van der Waals surface area contributed by atoms with Crippen LogP contribution in [0.2, 0.25) is 5.02 Å². The van der Waals surface area contributed by atoms with Crippen molar-refractivity contribution in [3.05, 3.63) is 65.3 Å². The van der Waals surface area contributed by atoms with Gasteiger partial charge in [0.25, 0.3) is 0 Å². The van der Waals surface area contributed by atoms with Crippen LogP contribution in [0.15, 0.2) is 48.7 Å². The third kappa shape index (κ3) is 4.18. The number of rotatable bonds is 6. The molecule has 0 amide bonds. The van der Waals surface area contributed by atoms with Crippen LogP contribution in [0.5, 0.6) is 5.88 Å². The molecule has 7 heteroatoms. The van der Waals surface area contributed by atoms with Gasteiger partial charge in [0.2, 0.25) is 5.88 Å². The fourth-order valence-corrected chi connectivity index (χ4v) is 3.84. The van der Waals surface area contributed by atoms with Gasteiger partial charge in [0.1, 0.15) is 18.5 Å². The third-order valence-corrected chi connectivity index (χ3v) is 5.33. The van der Waals surface area contributed by atoms with Crippen molar-refractivity contribution >= 4 is 11.6 Å². The van der Waals surface area contributed by atoms with Crippen molar-refractivity contribution in [2.24, 2.45) is 0 Å². The monoisotopic (exact) mass is 398 g/mol. The smallest absolute Gasteiger partial charge is 0.213 e. The summed E-state index contributed by atoms with van der Waals surface area (Å²) in [6.45, 7) is 0.410. The van der Waals surface area contributed by atoms with Crippen molar-refractivity contribution in [2.45, 2.75) is 44.3 Å². The van der Waals surface area contributed by atoms with E-state index in [0.717, 1.165) is 43.0 Å². The Bertz CT molecular complexity index is 891. The summed E-state index contributed by atoms with van der Waals surface area (Å²) in [5.41, 5.74) is 1.00. The number of hydrogen-bond acceptors (Lipinski definition) is 5. The molecule has 146 valence electrons. The average molecular weight is 399 g/mol. The van der Waals surface area contributed by atoms with Gasteiger partial charge in [0.05, 0.1) is 0 Å². The maximum absolute atomic E-state index is 6.06. The van der Waals surface area contributed by atoms with Gasteiger partial charge in [0, 0.05) is 36.0 Å². The lowest BCUT2D eigenvalue weighted by Gasteiger charge is -2.28. The maximum Gasteiger partial charge on any atom is 0.213 e. The molecule has 0 N–H and O–H groups in total. The minimum atomic E-state index is 0.191. The van der Waals surface area contributed by atoms with Gasteiger partial charge in [-0.2, -0.15) is 0 Å². The summed E-state index contributed by atoms with van der Waals surface area (Å²) in [5, 5.41) is 9.60. The molecule has 1 aromatic carbocycles. The van der Waals surface area contributed by atoms with E-state index in [0.29, 0.717) is 23.4 Å². The summed E-state index contributed by atoms with van der Waals surface area (Å²) in [5.74, 6) is 2.80. The highest BCUT2D eigenvalue weighted by Gasteiger charge is 2.28. The minimum absolute atomic E-state index is 0.191. The predicted octanol–water partition coefficient (Wildman–Crippen LogP) is 4.57. The molecular weight excluding hydrogens is 376 g/mol. The summed E-state index contributed by atoms with van der Waals surface area (Å²) in [6.07, 6.45) is 5.87. The number of hydrogen-bond donors (Lipinski definition) is 0. The summed E-state index contributed by atoms with van der Waals surface area (Å²) in [6, 6.07) is 13.5. The number of aromatic nitrogens is 4. The molecule has 4 rings (SSSR count). The highest BCUT2D eigenvalue weighted by molar-refractivity contribution is 6.30. The Morgan fingerprint density at radius 2 is 1.82 bits per heavy atom. The van der Waals surface area contributed by atoms with Gasteiger partial charge in [-0.05, 0) is 56.0 Å². The first-order valence-corrected chi connectivity index (χ1v) is 9.89. The molecule has 3 aromatic rings. The minimum Gasteiger partial charge on any atom is -0.474 e. The normalized spacial score (nSPS) is 19.5. The van der Waals surface area contributed by atoms with E-state index in [2.05, 4.69) is 19.7 Å². The van der Waals surface area contributed by atoms with E-state index >= 15 is 0 Å². The molecule has 0 spiro atoms. The molecule has 0 bridgehead atoms. The molecule has 1 fully saturated rings. The molecule has 0 radical (unpaired) electrons. The third-order valence-electron chi connectivity index (χ3n) is 5.08. The molecule has 1 saturated carbocycles. The van der Waals surface area contributed by atoms with E-state index in [1.54, 1.807) is 13.3 Å². The fourth-order valence-electron chi connectivity index (χ4n) is 3.72. The molecule has 0 aliphatic heterocycles. The fraction of sp³-hybridized carbons (Fsp3) is 0.381. The molecule has 0 saturated heterocycles. The molecule has 28 heavy (non-hydrogen) atoms. The Balaban J connectivity index is 1.51. The summed E-state index contributed by atoms with van der Waals surface area (Å²) in [7, 11) is 1.67. The van der Waals surface area contributed by atoms with E-state index in [9.17, 15) is 0 Å². The van der Waals surface area contributed by atoms with Crippen LogP contribution in [0.1, 0.15) is 43.3 Å². The van der Waals surface area contributed by atoms with Crippen molar-refractivity contribution in [1.82, 2.24) is 19.7 Å². The quantitative estimate of drug-likeness (QED) is 0.608. The SMILES string of the molecule is COCc1nnc([C@H]2CC[C@H](Oc3ccccn3)CC2)n1-c1ccc(Cl)cc1. The van der Waals surface area contributed by atoms with Gasteiger partial charge in [0.15, 0.2) is 5.82 Å². The number of methoxy groups -OCH3 is 1. The summed E-state index contributed by atoms with van der Waals surface area (Å²) >= 11 is 6.06. The molecule has 1 aliphatic carbocycles. The number of nitrogens with zero attached hydrogens (tertiary/aromatic N) is 4. The Labute approximate surface area is 169 Å². The molecule has 1 aliphatic rings. The Hall–Kier alpha value is -2.44. The lowest BCUT2D eigenvalue weighted by molar-refractivity contribution is 0.138. The molecule has 0 atom stereocenters. The van der Waals surface area contributed by atoms with E-state index in [1.165, 1.54) is 0 Å². The van der Waals surface area contributed by atoms with Crippen LogP contribution >= 0.6 is 11.6 Å². The standard InChI is InChI=1S/C21H23ClN4O2/c1-27-14-19-24-25-21(26(19)17-9-7-16(22)8-10-17)15-5-11-18(12-6-15)28-20-4-2-3-13-23-20/h2-4,7-10,13,15,18H,5-6,11-12,14H2,1H3/t15-,18-. The van der Waals surface area contributed by atoms with Gasteiger partial charge in [-0.25, -0.2) is 4.98 Å². The Morgan fingerprint density at radius 3 is 2.50 bits per heavy atom. The predicted molar refractivity (Wildman–Crippen MR) is 107 cm³/mol. The molecule has 2 heterocycles. The van der Waals surface area contributed by atoms with Crippen molar-refractivity contribution in [1.29, 1.82) is 0 Å². The molecular formula is C21H23ClN4O2. The first-order valence-electron chi connectivity index (χ1n) is 9.51. The van der Waals surface area contributed by atoms with Crippen LogP contribution in [0.3, 0.4) is 0 Å². The average Bonchev–Trinajstić information content (AvgIpc) is 3.14. The highest BCUT2D eigenvalue weighted by atomic mass is 35.5. The molecule has 6 nitrogen and oxygen atoms in total. The van der Waals surface area contributed by atoms with Gasteiger partial charge in [-0.15, -0.1) is 10.2 Å². The van der Waals surface area contributed by atoms with Crippen molar-refractivity contribution < 1.29 is 9.47 Å². The van der Waals surface area contributed by atoms with Crippen LogP contribution in [-0.4, -0.2) is 33.0 Å². The second-order valence-electron chi connectivity index (χ2n) is 6.98. The second-order valence-corrected chi connectivity index (χ2v) is 7.42. The van der Waals surface area contributed by atoms with E-state index in [-0.39, 0.29) is 6.10 Å². The Morgan fingerprint density at radius 1 is 1.04 bits per heavy atom. The lowest BCUT2D eigenvalue weighted by Crippen LogP contribution is -2.25. The lowest BCUT2D eigenvalue weighted by atomic mass is 9.86. The zero-order valence-corrected chi connectivity index (χ0v) is 16.5. The summed E-state index contributed by atoms with van der Waals surface area (Å²) in [4.78, 5) is 4.26. The molecule has 0 unspecified atom stereocenters. The topological polar surface area (TPSA) is 62.1 Å². The largest absolute Gasteiger partial charge is 0.474 e. The zero-order valence-electron chi connectivity index (χ0n) is 15.8. The van der Waals surface area contributed by atoms with Gasteiger partial charge in [-0.1, -0.05) is 17.7 Å². The number of ether oxygens (including phenoxy) is 2. The van der Waals surface area contributed by atoms with Crippen LogP contribution < -0.4 is 4.74 Å². The number of pyridine rings is 1. The number of halogens is 1. The van der Waals surface area contributed by atoms with Crippen molar-refractivity contribution in [3.63, 3.8) is 0 Å². The second kappa shape index (κ2) is 8.71. The highest BCUT2D eigenvalue weighted by Crippen LogP contribution is 2.35. The Kier molecular flexibility index (Phi) is 5.88. The first-order chi connectivity index (χ1) is 13.7. The molecule has 2 aromatic heterocycles.